The second kappa shape index (κ2) is 6.76. The van der Waals surface area contributed by atoms with Gasteiger partial charge in [-0.3, -0.25) is 4.90 Å². The molecule has 2 amide bonds. The van der Waals surface area contributed by atoms with Gasteiger partial charge in [0.1, 0.15) is 6.17 Å². The maximum Gasteiger partial charge on any atom is 0.320 e. The highest BCUT2D eigenvalue weighted by molar-refractivity contribution is 5.89. The summed E-state index contributed by atoms with van der Waals surface area (Å²) < 4.78 is 16.7. The van der Waals surface area contributed by atoms with Crippen LogP contribution in [0.5, 0.6) is 17.2 Å². The zero-order valence-corrected chi connectivity index (χ0v) is 14.7. The maximum atomic E-state index is 12.5. The number of fused-ring (bicyclic) bond motifs is 2. The average molecular weight is 355 g/mol. The van der Waals surface area contributed by atoms with Crippen molar-refractivity contribution in [2.45, 2.75) is 12.6 Å². The largest absolute Gasteiger partial charge is 0.492 e. The normalized spacial score (nSPS) is 18.2. The number of likely N-dealkylation sites (N-methyl/N-ethyl adjacent to an activating group) is 1. The van der Waals surface area contributed by atoms with Gasteiger partial charge in [0.25, 0.3) is 0 Å². The lowest BCUT2D eigenvalue weighted by Crippen LogP contribution is -2.45. The average Bonchev–Trinajstić information content (AvgIpc) is 3.11. The SMILES string of the molecule is COc1c2c(cc3c1[C@@H](NC(=O)Nc1ccccc1)N(C)CC3)OCO2. The third-order valence-electron chi connectivity index (χ3n) is 4.70. The van der Waals surface area contributed by atoms with Crippen LogP contribution in [0, 0.1) is 0 Å². The highest BCUT2D eigenvalue weighted by atomic mass is 16.7. The van der Waals surface area contributed by atoms with E-state index in [0.717, 1.165) is 29.8 Å². The molecule has 2 aliphatic rings. The number of urea groups is 1. The van der Waals surface area contributed by atoms with Gasteiger partial charge in [0, 0.05) is 17.8 Å². The van der Waals surface area contributed by atoms with E-state index in [0.29, 0.717) is 17.2 Å². The predicted octanol–water partition coefficient (Wildman–Crippen LogP) is 2.73. The van der Waals surface area contributed by atoms with Crippen LogP contribution >= 0.6 is 0 Å². The van der Waals surface area contributed by atoms with Crippen LogP contribution in [-0.2, 0) is 6.42 Å². The molecule has 0 aliphatic carbocycles. The molecule has 0 spiro atoms. The minimum Gasteiger partial charge on any atom is -0.492 e. The van der Waals surface area contributed by atoms with Crippen molar-refractivity contribution < 1.29 is 19.0 Å². The number of rotatable bonds is 3. The molecule has 0 unspecified atom stereocenters. The van der Waals surface area contributed by atoms with Crippen LogP contribution in [0.15, 0.2) is 36.4 Å². The van der Waals surface area contributed by atoms with Crippen molar-refractivity contribution in [2.75, 3.05) is 32.8 Å². The Kier molecular flexibility index (Phi) is 4.30. The minimum absolute atomic E-state index is 0.178. The molecule has 1 atom stereocenters. The van der Waals surface area contributed by atoms with E-state index in [1.54, 1.807) is 7.11 Å². The molecule has 2 aliphatic heterocycles. The van der Waals surface area contributed by atoms with E-state index in [9.17, 15) is 4.79 Å². The van der Waals surface area contributed by atoms with Crippen molar-refractivity contribution >= 4 is 11.7 Å². The first-order valence-electron chi connectivity index (χ1n) is 8.49. The Hall–Kier alpha value is -2.93. The zero-order valence-electron chi connectivity index (χ0n) is 14.7. The summed E-state index contributed by atoms with van der Waals surface area (Å²) in [6.07, 6.45) is 0.518. The molecule has 2 aromatic carbocycles. The van der Waals surface area contributed by atoms with Crippen LogP contribution in [-0.4, -0.2) is 38.4 Å². The summed E-state index contributed by atoms with van der Waals surface area (Å²) in [5.74, 6) is 1.90. The van der Waals surface area contributed by atoms with Crippen LogP contribution < -0.4 is 24.8 Å². The summed E-state index contributed by atoms with van der Waals surface area (Å²) in [4.78, 5) is 14.6. The number of hydrogen-bond acceptors (Lipinski definition) is 5. The number of carbonyl (C=O) groups excluding carboxylic acids is 1. The topological polar surface area (TPSA) is 72.1 Å². The minimum atomic E-state index is -0.327. The first kappa shape index (κ1) is 16.5. The number of benzene rings is 2. The standard InChI is InChI=1S/C19H21N3O4/c1-22-9-8-12-10-14-16(26-11-25-14)17(24-2)15(12)18(22)21-19(23)20-13-6-4-3-5-7-13/h3-7,10,18H,8-9,11H2,1-2H3,(H2,20,21,23)/t18-/m0/s1. The van der Waals surface area contributed by atoms with E-state index < -0.39 is 0 Å². The molecular formula is C19H21N3O4. The van der Waals surface area contributed by atoms with E-state index in [1.807, 2.05) is 43.4 Å². The third-order valence-corrected chi connectivity index (χ3v) is 4.70. The summed E-state index contributed by atoms with van der Waals surface area (Å²) in [7, 11) is 3.58. The number of methoxy groups -OCH3 is 1. The molecule has 2 heterocycles. The van der Waals surface area contributed by atoms with Gasteiger partial charge < -0.3 is 24.8 Å². The molecule has 0 saturated heterocycles. The number of nitrogens with one attached hydrogen (secondary N) is 2. The Labute approximate surface area is 151 Å². The fourth-order valence-corrected chi connectivity index (χ4v) is 3.43. The summed E-state index contributed by atoms with van der Waals surface area (Å²) in [6, 6.07) is 11.1. The molecule has 0 fully saturated rings. The van der Waals surface area contributed by atoms with Crippen molar-refractivity contribution in [3.63, 3.8) is 0 Å². The molecule has 0 radical (unpaired) electrons. The van der Waals surface area contributed by atoms with E-state index in [2.05, 4.69) is 15.5 Å². The molecule has 0 bridgehead atoms. The van der Waals surface area contributed by atoms with Gasteiger partial charge in [0.2, 0.25) is 12.5 Å². The highest BCUT2D eigenvalue weighted by Crippen LogP contribution is 2.48. The summed E-state index contributed by atoms with van der Waals surface area (Å²) >= 11 is 0. The molecule has 0 saturated carbocycles. The van der Waals surface area contributed by atoms with Crippen LogP contribution in [0.4, 0.5) is 10.5 Å². The van der Waals surface area contributed by atoms with Gasteiger partial charge in [0.15, 0.2) is 11.5 Å². The Morgan fingerprint density at radius 3 is 2.85 bits per heavy atom. The summed E-state index contributed by atoms with van der Waals surface area (Å²) in [6.45, 7) is 0.989. The number of para-hydroxylation sites is 1. The molecule has 136 valence electrons. The van der Waals surface area contributed by atoms with Gasteiger partial charge in [-0.15, -0.1) is 0 Å². The van der Waals surface area contributed by atoms with E-state index in [-0.39, 0.29) is 19.0 Å². The van der Waals surface area contributed by atoms with Crippen molar-refractivity contribution in [3.8, 4) is 17.2 Å². The lowest BCUT2D eigenvalue weighted by molar-refractivity contribution is 0.169. The van der Waals surface area contributed by atoms with Gasteiger partial charge in [-0.05, 0) is 37.2 Å². The Morgan fingerprint density at radius 1 is 1.27 bits per heavy atom. The predicted molar refractivity (Wildman–Crippen MR) is 96.8 cm³/mol. The second-order valence-electron chi connectivity index (χ2n) is 6.31. The first-order valence-corrected chi connectivity index (χ1v) is 8.49. The lowest BCUT2D eigenvalue weighted by Gasteiger charge is -2.36. The highest BCUT2D eigenvalue weighted by Gasteiger charge is 2.34. The van der Waals surface area contributed by atoms with Crippen molar-refractivity contribution in [3.05, 3.63) is 47.5 Å². The van der Waals surface area contributed by atoms with Crippen LogP contribution in [0.25, 0.3) is 0 Å². The number of anilines is 1. The zero-order chi connectivity index (χ0) is 18.1. The van der Waals surface area contributed by atoms with E-state index in [4.69, 9.17) is 14.2 Å². The number of nitrogens with zero attached hydrogens (tertiary/aromatic N) is 1. The van der Waals surface area contributed by atoms with Crippen molar-refractivity contribution in [1.82, 2.24) is 10.2 Å². The molecule has 4 rings (SSSR count). The molecule has 7 nitrogen and oxygen atoms in total. The van der Waals surface area contributed by atoms with Gasteiger partial charge in [0.05, 0.1) is 7.11 Å². The molecule has 26 heavy (non-hydrogen) atoms. The maximum absolute atomic E-state index is 12.5. The molecule has 2 aromatic rings. The quantitative estimate of drug-likeness (QED) is 0.886. The Balaban J connectivity index is 1.64. The second-order valence-corrected chi connectivity index (χ2v) is 6.31. The first-order chi connectivity index (χ1) is 12.7. The number of amides is 2. The van der Waals surface area contributed by atoms with Crippen molar-refractivity contribution in [1.29, 1.82) is 0 Å². The van der Waals surface area contributed by atoms with Gasteiger partial charge in [-0.25, -0.2) is 4.79 Å². The van der Waals surface area contributed by atoms with E-state index in [1.165, 1.54) is 0 Å². The van der Waals surface area contributed by atoms with Crippen LogP contribution in [0.1, 0.15) is 17.3 Å². The lowest BCUT2D eigenvalue weighted by atomic mass is 9.95. The monoisotopic (exact) mass is 355 g/mol. The van der Waals surface area contributed by atoms with Gasteiger partial charge in [-0.2, -0.15) is 0 Å². The molecule has 7 heteroatoms. The third kappa shape index (κ3) is 2.90. The summed E-state index contributed by atoms with van der Waals surface area (Å²) in [5.41, 5.74) is 2.74. The van der Waals surface area contributed by atoms with Gasteiger partial charge in [-0.1, -0.05) is 18.2 Å². The van der Waals surface area contributed by atoms with Gasteiger partial charge >= 0.3 is 6.03 Å². The molecule has 2 N–H and O–H groups in total. The molecular weight excluding hydrogens is 334 g/mol. The number of ether oxygens (including phenoxy) is 3. The number of hydrogen-bond donors (Lipinski definition) is 2. The Bertz CT molecular complexity index is 825. The fourth-order valence-electron chi connectivity index (χ4n) is 3.43. The number of carbonyl (C=O) groups is 1. The fraction of sp³-hybridized carbons (Fsp3) is 0.316. The van der Waals surface area contributed by atoms with Crippen molar-refractivity contribution in [2.24, 2.45) is 0 Å². The van der Waals surface area contributed by atoms with E-state index >= 15 is 0 Å². The van der Waals surface area contributed by atoms with Crippen LogP contribution in [0.3, 0.4) is 0 Å². The Morgan fingerprint density at radius 2 is 2.08 bits per heavy atom. The molecule has 0 aromatic heterocycles. The van der Waals surface area contributed by atoms with Crippen LogP contribution in [0.2, 0.25) is 0 Å². The smallest absolute Gasteiger partial charge is 0.320 e. The summed E-state index contributed by atoms with van der Waals surface area (Å²) in [5, 5.41) is 5.90.